The number of hydrogen-bond donors (Lipinski definition) is 3. The lowest BCUT2D eigenvalue weighted by atomic mass is 10.1. The number of nitro benzene ring substituents is 1. The third-order valence-corrected chi connectivity index (χ3v) is 5.50. The van der Waals surface area contributed by atoms with Gasteiger partial charge in [-0.2, -0.15) is 10.5 Å². The maximum Gasteiger partial charge on any atom is 0.270 e. The average molecular weight is 545 g/mol. The first kappa shape index (κ1) is 29.4. The lowest BCUT2D eigenvalue weighted by molar-refractivity contribution is -0.384. The van der Waals surface area contributed by atoms with Gasteiger partial charge in [0.25, 0.3) is 5.69 Å². The van der Waals surface area contributed by atoms with Crippen LogP contribution in [0, 0.1) is 39.7 Å². The first-order chi connectivity index (χ1) is 19.5. The van der Waals surface area contributed by atoms with Gasteiger partial charge >= 0.3 is 0 Å². The molecular formula is C27H28N8O5. The number of aliphatic hydroxyl groups excluding tert-OH is 1. The van der Waals surface area contributed by atoms with Crippen molar-refractivity contribution in [3.63, 3.8) is 0 Å². The molecule has 0 saturated carbocycles. The third-order valence-electron chi connectivity index (χ3n) is 5.50. The highest BCUT2D eigenvalue weighted by atomic mass is 16.6. The van der Waals surface area contributed by atoms with Crippen LogP contribution in [-0.4, -0.2) is 54.5 Å². The zero-order chi connectivity index (χ0) is 28.7. The van der Waals surface area contributed by atoms with Crippen molar-refractivity contribution in [3.05, 3.63) is 75.3 Å². The Hall–Kier alpha value is -5.11. The van der Waals surface area contributed by atoms with Gasteiger partial charge in [-0.15, -0.1) is 10.2 Å². The minimum atomic E-state index is -0.607. The fourth-order valence-electron chi connectivity index (χ4n) is 3.52. The van der Waals surface area contributed by atoms with Crippen molar-refractivity contribution in [1.29, 1.82) is 10.5 Å². The standard InChI is InChI=1S/C27H28N8O5/c1-19-23(18-29)26(30-10-5-13-39-14-15-40-22-6-3-2-4-7-22)32-27(31-11-12-36)25(19)34-33-24-9-8-21(35(37)38)16-20(24)17-28/h2-4,6-9,16,36H,5,10-15H2,1H3,(H2,30,31,32)/b34-33+. The van der Waals surface area contributed by atoms with Gasteiger partial charge < -0.3 is 25.2 Å². The van der Waals surface area contributed by atoms with Crippen LogP contribution in [-0.2, 0) is 4.74 Å². The quantitative estimate of drug-likeness (QED) is 0.104. The summed E-state index contributed by atoms with van der Waals surface area (Å²) in [6.45, 7) is 3.50. The van der Waals surface area contributed by atoms with Gasteiger partial charge in [0.05, 0.1) is 29.3 Å². The summed E-state index contributed by atoms with van der Waals surface area (Å²) in [7, 11) is 0. The summed E-state index contributed by atoms with van der Waals surface area (Å²) >= 11 is 0. The second-order valence-corrected chi connectivity index (χ2v) is 8.24. The maximum atomic E-state index is 11.0. The smallest absolute Gasteiger partial charge is 0.270 e. The van der Waals surface area contributed by atoms with Crippen molar-refractivity contribution >= 4 is 28.7 Å². The Bertz CT molecular complexity index is 1420. The number of pyridine rings is 1. The summed E-state index contributed by atoms with van der Waals surface area (Å²) in [6, 6.07) is 17.1. The van der Waals surface area contributed by atoms with Gasteiger partial charge in [0.1, 0.15) is 41.7 Å². The molecule has 0 bridgehead atoms. The molecule has 0 aliphatic rings. The SMILES string of the molecule is Cc1c(C#N)c(NCCCOCCOc2ccccc2)nc(NCCO)c1/N=N/c1ccc([N+](=O)[O-])cc1C#N. The monoisotopic (exact) mass is 544 g/mol. The normalized spacial score (nSPS) is 10.6. The number of aromatic nitrogens is 1. The van der Waals surface area contributed by atoms with Crippen LogP contribution in [0.25, 0.3) is 0 Å². The van der Waals surface area contributed by atoms with E-state index in [1.54, 1.807) is 6.92 Å². The van der Waals surface area contributed by atoms with E-state index in [2.05, 4.69) is 31.9 Å². The van der Waals surface area contributed by atoms with Crippen molar-refractivity contribution in [3.8, 4) is 17.9 Å². The predicted molar refractivity (Wildman–Crippen MR) is 147 cm³/mol. The number of aliphatic hydroxyl groups is 1. The van der Waals surface area contributed by atoms with Crippen LogP contribution < -0.4 is 15.4 Å². The first-order valence-corrected chi connectivity index (χ1v) is 12.4. The van der Waals surface area contributed by atoms with E-state index in [0.29, 0.717) is 44.2 Å². The molecule has 0 radical (unpaired) electrons. The summed E-state index contributed by atoms with van der Waals surface area (Å²) in [5.74, 6) is 1.39. The van der Waals surface area contributed by atoms with Crippen molar-refractivity contribution in [1.82, 2.24) is 4.98 Å². The van der Waals surface area contributed by atoms with Crippen LogP contribution in [0.2, 0.25) is 0 Å². The van der Waals surface area contributed by atoms with Crippen molar-refractivity contribution in [2.75, 3.05) is 50.2 Å². The number of nitrogens with one attached hydrogen (secondary N) is 2. The third kappa shape index (κ3) is 8.19. The van der Waals surface area contributed by atoms with E-state index >= 15 is 0 Å². The molecule has 13 nitrogen and oxygen atoms in total. The number of azo groups is 1. The topological polar surface area (TPSA) is 191 Å². The van der Waals surface area contributed by atoms with Gasteiger partial charge in [-0.3, -0.25) is 10.1 Å². The van der Waals surface area contributed by atoms with E-state index in [0.717, 1.165) is 11.8 Å². The van der Waals surface area contributed by atoms with Crippen LogP contribution in [0.3, 0.4) is 0 Å². The van der Waals surface area contributed by atoms with E-state index < -0.39 is 4.92 Å². The highest BCUT2D eigenvalue weighted by molar-refractivity contribution is 5.74. The molecule has 0 atom stereocenters. The van der Waals surface area contributed by atoms with Crippen LogP contribution in [0.5, 0.6) is 5.75 Å². The van der Waals surface area contributed by atoms with Crippen molar-refractivity contribution in [2.45, 2.75) is 13.3 Å². The number of rotatable bonds is 15. The number of non-ortho nitro benzene ring substituents is 1. The number of benzene rings is 2. The summed E-state index contributed by atoms with van der Waals surface area (Å²) < 4.78 is 11.2. The fourth-order valence-corrected chi connectivity index (χ4v) is 3.52. The maximum absolute atomic E-state index is 11.0. The number of nitriles is 2. The van der Waals surface area contributed by atoms with Gasteiger partial charge in [0, 0.05) is 37.4 Å². The van der Waals surface area contributed by atoms with Gasteiger partial charge in [-0.1, -0.05) is 18.2 Å². The Morgan fingerprint density at radius 3 is 2.50 bits per heavy atom. The van der Waals surface area contributed by atoms with Gasteiger partial charge in [-0.25, -0.2) is 4.98 Å². The van der Waals surface area contributed by atoms with Gasteiger partial charge in [-0.05, 0) is 31.5 Å². The molecular weight excluding hydrogens is 516 g/mol. The largest absolute Gasteiger partial charge is 0.491 e. The molecule has 0 fully saturated rings. The lowest BCUT2D eigenvalue weighted by Gasteiger charge is -2.15. The van der Waals surface area contributed by atoms with Crippen LogP contribution in [0.4, 0.5) is 28.7 Å². The molecule has 1 heterocycles. The highest BCUT2D eigenvalue weighted by Crippen LogP contribution is 2.35. The Kier molecular flexibility index (Phi) is 11.3. The van der Waals surface area contributed by atoms with E-state index in [9.17, 15) is 25.7 Å². The number of ether oxygens (including phenoxy) is 2. The molecule has 0 saturated heterocycles. The van der Waals surface area contributed by atoms with E-state index in [-0.39, 0.29) is 47.2 Å². The zero-order valence-electron chi connectivity index (χ0n) is 21.8. The summed E-state index contributed by atoms with van der Waals surface area (Å²) in [6.07, 6.45) is 0.648. The molecule has 0 aliphatic heterocycles. The Balaban J connectivity index is 1.68. The highest BCUT2D eigenvalue weighted by Gasteiger charge is 2.18. The van der Waals surface area contributed by atoms with E-state index in [1.165, 1.54) is 12.1 Å². The number of hydrogen-bond acceptors (Lipinski definition) is 12. The van der Waals surface area contributed by atoms with Gasteiger partial charge in [0.15, 0.2) is 5.82 Å². The summed E-state index contributed by atoms with van der Waals surface area (Å²) in [5, 5.41) is 53.9. The lowest BCUT2D eigenvalue weighted by Crippen LogP contribution is -2.13. The summed E-state index contributed by atoms with van der Waals surface area (Å²) in [5.41, 5.74) is 0.812. The number of anilines is 2. The molecule has 40 heavy (non-hydrogen) atoms. The average Bonchev–Trinajstić information content (AvgIpc) is 2.97. The Labute approximate surface area is 230 Å². The minimum absolute atomic E-state index is 0.0268. The zero-order valence-corrected chi connectivity index (χ0v) is 21.8. The second kappa shape index (κ2) is 15.3. The van der Waals surface area contributed by atoms with Crippen LogP contribution in [0.15, 0.2) is 58.8 Å². The molecule has 13 heteroatoms. The molecule has 3 rings (SSSR count). The molecule has 1 aromatic heterocycles. The fraction of sp³-hybridized carbons (Fsp3) is 0.296. The van der Waals surface area contributed by atoms with Crippen molar-refractivity contribution < 1.29 is 19.5 Å². The van der Waals surface area contributed by atoms with E-state index in [1.807, 2.05) is 36.4 Å². The van der Waals surface area contributed by atoms with Crippen LogP contribution in [0.1, 0.15) is 23.1 Å². The number of para-hydroxylation sites is 1. The molecule has 206 valence electrons. The molecule has 0 unspecified atom stereocenters. The predicted octanol–water partition coefficient (Wildman–Crippen LogP) is 4.76. The number of nitrogens with zero attached hydrogens (tertiary/aromatic N) is 6. The molecule has 0 amide bonds. The van der Waals surface area contributed by atoms with Gasteiger partial charge in [0.2, 0.25) is 0 Å². The first-order valence-electron chi connectivity index (χ1n) is 12.4. The Morgan fingerprint density at radius 1 is 1.02 bits per heavy atom. The number of nitro groups is 1. The minimum Gasteiger partial charge on any atom is -0.491 e. The molecule has 2 aromatic carbocycles. The van der Waals surface area contributed by atoms with E-state index in [4.69, 9.17) is 9.47 Å². The van der Waals surface area contributed by atoms with Crippen molar-refractivity contribution in [2.24, 2.45) is 10.2 Å². The molecule has 0 spiro atoms. The molecule has 3 N–H and O–H groups in total. The van der Waals surface area contributed by atoms with Crippen LogP contribution >= 0.6 is 0 Å². The molecule has 3 aromatic rings. The molecule has 0 aliphatic carbocycles. The second-order valence-electron chi connectivity index (χ2n) is 8.24. The summed E-state index contributed by atoms with van der Waals surface area (Å²) in [4.78, 5) is 14.9. The Morgan fingerprint density at radius 2 is 1.80 bits per heavy atom.